The van der Waals surface area contributed by atoms with Crippen molar-refractivity contribution >= 4 is 61.0 Å². The molecule has 26 heteroatoms. The van der Waals surface area contributed by atoms with E-state index in [0.717, 1.165) is 74.8 Å². The van der Waals surface area contributed by atoms with Gasteiger partial charge in [-0.3, -0.25) is 39.1 Å². The highest BCUT2D eigenvalue weighted by Crippen LogP contribution is 2.42. The maximum absolute atomic E-state index is 12.7. The zero-order valence-electron chi connectivity index (χ0n) is 49.7. The largest absolute Gasteiger partial charge is 0.481 e. The first-order chi connectivity index (χ1) is 42.5. The van der Waals surface area contributed by atoms with Crippen LogP contribution in [0.3, 0.4) is 0 Å². The average molecular weight is 1270 g/mol. The second-order valence-corrected chi connectivity index (χ2v) is 22.0. The number of nitrogens with zero attached hydrogens (tertiary/aromatic N) is 10. The Morgan fingerprint density at radius 2 is 1.08 bits per heavy atom. The fraction of sp³-hybridized carbons (Fsp3) is 0.355. The lowest BCUT2D eigenvalue weighted by atomic mass is 9.94. The summed E-state index contributed by atoms with van der Waals surface area (Å²) in [6, 6.07) is 15.8. The van der Waals surface area contributed by atoms with E-state index in [-0.39, 0.29) is 65.0 Å². The summed E-state index contributed by atoms with van der Waals surface area (Å²) in [5, 5.41) is 38.5. The van der Waals surface area contributed by atoms with Gasteiger partial charge in [-0.2, -0.15) is 15.3 Å². The molecule has 3 fully saturated rings. The van der Waals surface area contributed by atoms with Crippen LogP contribution in [0.2, 0.25) is 0 Å². The number of hydrogen-bond acceptors (Lipinski definition) is 19. The minimum absolute atomic E-state index is 0.0820. The Bertz CT molecular complexity index is 4190. The van der Waals surface area contributed by atoms with Crippen LogP contribution in [0.4, 0.5) is 11.4 Å². The molecule has 3 atom stereocenters. The minimum atomic E-state index is -0.577. The van der Waals surface area contributed by atoms with Crippen LogP contribution >= 0.6 is 15.9 Å². The maximum atomic E-state index is 12.7. The molecule has 25 nitrogen and oxygen atoms in total. The number of rotatable bonds is 15. The van der Waals surface area contributed by atoms with Gasteiger partial charge in [0.2, 0.25) is 11.8 Å². The van der Waals surface area contributed by atoms with Gasteiger partial charge in [0.1, 0.15) is 11.1 Å². The Morgan fingerprint density at radius 3 is 1.55 bits per heavy atom. The molecule has 88 heavy (non-hydrogen) atoms. The highest BCUT2D eigenvalue weighted by atomic mass is 79.9. The summed E-state index contributed by atoms with van der Waals surface area (Å²) in [6.07, 6.45) is 10.3. The molecule has 458 valence electrons. The van der Waals surface area contributed by atoms with Crippen molar-refractivity contribution in [3.8, 4) is 56.5 Å². The third kappa shape index (κ3) is 12.2. The molecule has 0 saturated carbocycles. The van der Waals surface area contributed by atoms with E-state index in [9.17, 15) is 34.6 Å². The molecule has 0 bridgehead atoms. The maximum Gasteiger partial charge on any atom is 0.341 e. The molecule has 9 heterocycles. The number of pyridine rings is 3. The molecule has 6 aromatic heterocycles. The molecule has 12 rings (SSSR count). The molecule has 0 aliphatic carbocycles. The van der Waals surface area contributed by atoms with Gasteiger partial charge < -0.3 is 38.1 Å². The Morgan fingerprint density at radius 1 is 0.625 bits per heavy atom. The summed E-state index contributed by atoms with van der Waals surface area (Å²) >= 11 is 3.25. The second-order valence-electron chi connectivity index (χ2n) is 21.1. The van der Waals surface area contributed by atoms with Crippen molar-refractivity contribution in [2.45, 2.75) is 78.9 Å². The standard InChI is InChI=1S/C24H26N4O6.C22H22N4O3.C16H16BrN3O5/c1-5-34-24(29)19-12-26-27(17-8-9-33-13-17)22(19)18-7-6-16(10-20(18)28(30)31)21-14(2)11-25-23(32-4)15(21)3;1-12-9-23-22(28-3)13(2)19(12)14-4-5-16-18(8-14)25-21(27)17-10-24-26(20(16)17)15-6-7-29-11-15;1-2-25-16(21)13-8-18-19(11-5-6-24-9-11)15(13)12-4-3-10(17)7-14(12)20(22)23/h6-7,10-12,17H,5,8-9,13H2,1-4H3;4-5,8-10,15H,6-7,11H2,1-3H3,(H,25,27);3-4,7-8,11H,2,5-6,9H2,1H3/t17-;15-;11-/m000/s1. The first-order valence-electron chi connectivity index (χ1n) is 28.5. The highest BCUT2D eigenvalue weighted by Gasteiger charge is 2.33. The lowest BCUT2D eigenvalue weighted by Crippen LogP contribution is -2.14. The monoisotopic (exact) mass is 1270 g/mol. The molecule has 0 spiro atoms. The van der Waals surface area contributed by atoms with Gasteiger partial charge in [0.15, 0.2) is 0 Å². The van der Waals surface area contributed by atoms with E-state index in [0.29, 0.717) is 83.6 Å². The number of nitro benzene ring substituents is 2. The summed E-state index contributed by atoms with van der Waals surface area (Å²) in [7, 11) is 3.15. The van der Waals surface area contributed by atoms with Gasteiger partial charge in [0, 0.05) is 65.3 Å². The van der Waals surface area contributed by atoms with Crippen molar-refractivity contribution in [3.05, 3.63) is 154 Å². The lowest BCUT2D eigenvalue weighted by Gasteiger charge is -2.16. The molecule has 3 aliphatic rings. The van der Waals surface area contributed by atoms with E-state index < -0.39 is 21.8 Å². The van der Waals surface area contributed by atoms with Crippen LogP contribution in [0.5, 0.6) is 11.8 Å². The number of hydrogen-bond donors (Lipinski definition) is 1. The van der Waals surface area contributed by atoms with Crippen molar-refractivity contribution < 1.29 is 52.6 Å². The van der Waals surface area contributed by atoms with Gasteiger partial charge in [-0.15, -0.1) is 0 Å². The summed E-state index contributed by atoms with van der Waals surface area (Å²) in [6.45, 7) is 14.9. The van der Waals surface area contributed by atoms with Gasteiger partial charge in [0.05, 0.1) is 133 Å². The second kappa shape index (κ2) is 26.8. The van der Waals surface area contributed by atoms with Crippen molar-refractivity contribution in [1.82, 2.24) is 44.3 Å². The number of carbonyl (C=O) groups is 2. The number of aryl methyl sites for hydroxylation is 2. The van der Waals surface area contributed by atoms with E-state index in [1.807, 2.05) is 44.6 Å². The van der Waals surface area contributed by atoms with Gasteiger partial charge in [-0.25, -0.2) is 19.6 Å². The fourth-order valence-electron chi connectivity index (χ4n) is 11.6. The number of benzene rings is 3. The van der Waals surface area contributed by atoms with Gasteiger partial charge >= 0.3 is 11.9 Å². The van der Waals surface area contributed by atoms with Crippen LogP contribution in [0, 0.1) is 47.9 Å². The molecule has 0 unspecified atom stereocenters. The Kier molecular flexibility index (Phi) is 18.8. The molecule has 3 saturated heterocycles. The van der Waals surface area contributed by atoms with Crippen molar-refractivity contribution in [1.29, 1.82) is 0 Å². The van der Waals surface area contributed by atoms with Crippen LogP contribution in [-0.2, 0) is 23.7 Å². The van der Waals surface area contributed by atoms with Crippen LogP contribution < -0.4 is 15.0 Å². The molecule has 0 radical (unpaired) electrons. The third-order valence-electron chi connectivity index (χ3n) is 15.7. The van der Waals surface area contributed by atoms with Crippen molar-refractivity contribution in [3.63, 3.8) is 0 Å². The summed E-state index contributed by atoms with van der Waals surface area (Å²) < 4.78 is 43.3. The van der Waals surface area contributed by atoms with Crippen molar-refractivity contribution in [2.75, 3.05) is 67.1 Å². The fourth-order valence-corrected chi connectivity index (χ4v) is 11.9. The summed E-state index contributed by atoms with van der Waals surface area (Å²) in [5.74, 6) is -0.0725. The van der Waals surface area contributed by atoms with Crippen LogP contribution in [0.25, 0.3) is 66.6 Å². The normalized spacial score (nSPS) is 16.2. The number of esters is 2. The predicted molar refractivity (Wildman–Crippen MR) is 328 cm³/mol. The van der Waals surface area contributed by atoms with Crippen molar-refractivity contribution in [2.24, 2.45) is 0 Å². The number of halogens is 1. The van der Waals surface area contributed by atoms with E-state index in [1.54, 1.807) is 67.0 Å². The molecule has 1 N–H and O–H groups in total. The molecule has 3 aliphatic heterocycles. The molecule has 9 aromatic rings. The Hall–Kier alpha value is -9.24. The molecule has 0 amide bonds. The van der Waals surface area contributed by atoms with Gasteiger partial charge in [-0.1, -0.05) is 34.1 Å². The zero-order chi connectivity index (χ0) is 62.5. The predicted octanol–water partition coefficient (Wildman–Crippen LogP) is 11.2. The lowest BCUT2D eigenvalue weighted by molar-refractivity contribution is -0.384. The smallest absolute Gasteiger partial charge is 0.341 e. The van der Waals surface area contributed by atoms with E-state index in [1.165, 1.54) is 31.6 Å². The number of nitro groups is 2. The van der Waals surface area contributed by atoms with E-state index in [4.69, 9.17) is 33.2 Å². The Balaban J connectivity index is 0.000000148. The van der Waals surface area contributed by atoms with Gasteiger partial charge in [-0.05, 0) is 118 Å². The quantitative estimate of drug-likeness (QED) is 0.0566. The SMILES string of the molecule is CCOC(=O)c1cnn([C@H]2CCOC2)c1-c1ccc(-c2c(C)cnc(OC)c2C)cc1[N+](=O)[O-].CCOC(=O)c1cnn([C@H]2CCOC2)c1-c1ccc(Br)cc1[N+](=O)[O-].COc1ncc(C)c(-c2ccc3c(c2)[nH]c(=O)c2cnn([C@H]4CCOC4)c23)c1C. The van der Waals surface area contributed by atoms with Crippen LogP contribution in [0.15, 0.2) is 94.8 Å². The average Bonchev–Trinajstić information content (AvgIpc) is 1.66. The minimum Gasteiger partial charge on any atom is -0.481 e. The number of H-pyrrole nitrogens is 1. The van der Waals surface area contributed by atoms with E-state index >= 15 is 0 Å². The summed E-state index contributed by atoms with van der Waals surface area (Å²) in [4.78, 5) is 72.2. The number of methoxy groups -OCH3 is 2. The first kappa shape index (κ1) is 61.8. The summed E-state index contributed by atoms with van der Waals surface area (Å²) in [5.41, 5.74) is 10.2. The van der Waals surface area contributed by atoms with E-state index in [2.05, 4.69) is 58.3 Å². The van der Waals surface area contributed by atoms with Crippen LogP contribution in [0.1, 0.15) is 94.2 Å². The van der Waals surface area contributed by atoms with Gasteiger partial charge in [0.25, 0.3) is 16.9 Å². The number of fused-ring (bicyclic) bond motifs is 3. The number of aromatic nitrogens is 9. The number of ether oxygens (including phenoxy) is 7. The highest BCUT2D eigenvalue weighted by molar-refractivity contribution is 9.10. The number of aromatic amines is 1. The number of carbonyl (C=O) groups excluding carboxylic acids is 2. The molecular formula is C62H64BrN11O14. The zero-order valence-corrected chi connectivity index (χ0v) is 51.2. The molecule has 3 aromatic carbocycles. The molecular weight excluding hydrogens is 1200 g/mol. The Labute approximate surface area is 512 Å². The number of nitrogens with one attached hydrogen (secondary N) is 1. The van der Waals surface area contributed by atoms with Crippen LogP contribution in [-0.4, -0.2) is 133 Å². The first-order valence-corrected chi connectivity index (χ1v) is 29.3. The topological polar surface area (TPSA) is 297 Å². The third-order valence-corrected chi connectivity index (χ3v) is 16.1.